The number of aliphatic hydroxyl groups excluding tert-OH is 2. The van der Waals surface area contributed by atoms with Crippen molar-refractivity contribution in [2.75, 3.05) is 14.1 Å². The maximum Gasteiger partial charge on any atom is 0.261 e. The van der Waals surface area contributed by atoms with Crippen LogP contribution in [-0.2, 0) is 29.0 Å². The minimum Gasteiger partial charge on any atom is -0.510 e. The van der Waals surface area contributed by atoms with Crippen LogP contribution in [0.15, 0.2) is 53.0 Å². The van der Waals surface area contributed by atoms with E-state index >= 15 is 0 Å². The number of ketones is 2. The number of nitrogens with zero attached hydrogens (tertiary/aromatic N) is 2. The third kappa shape index (κ3) is 4.76. The van der Waals surface area contributed by atoms with Gasteiger partial charge in [-0.3, -0.25) is 33.8 Å². The summed E-state index contributed by atoms with van der Waals surface area (Å²) in [5.41, 5.74) is 3.36. The van der Waals surface area contributed by atoms with E-state index in [1.165, 1.54) is 4.90 Å². The van der Waals surface area contributed by atoms with E-state index in [-0.39, 0.29) is 47.2 Å². The molecule has 0 aromatic heterocycles. The first-order valence-corrected chi connectivity index (χ1v) is 16.2. The minimum atomic E-state index is -2.75. The number of carbonyl (C=O) groups is 5. The number of benzene rings is 2. The lowest BCUT2D eigenvalue weighted by Crippen LogP contribution is -2.63. The number of aryl methyl sites for hydroxylation is 1. The molecule has 3 aliphatic carbocycles. The highest BCUT2D eigenvalue weighted by Gasteiger charge is 2.63. The highest BCUT2D eigenvalue weighted by molar-refractivity contribution is 6.25. The normalized spacial score (nSPS) is 25.0. The minimum absolute atomic E-state index is 0.0153. The van der Waals surface area contributed by atoms with Crippen LogP contribution in [0.25, 0.3) is 0 Å². The summed E-state index contributed by atoms with van der Waals surface area (Å²) in [7, 11) is 3.16. The monoisotopic (exact) mass is 657 g/mol. The molecule has 4 atom stereocenters. The van der Waals surface area contributed by atoms with Crippen LogP contribution in [0.1, 0.15) is 86.8 Å². The van der Waals surface area contributed by atoms with Gasteiger partial charge in [0.25, 0.3) is 17.7 Å². The van der Waals surface area contributed by atoms with Gasteiger partial charge in [0.15, 0.2) is 11.4 Å². The van der Waals surface area contributed by atoms with Crippen LogP contribution < -0.4 is 5.73 Å². The molecule has 12 heteroatoms. The predicted molar refractivity (Wildman–Crippen MR) is 172 cm³/mol. The first-order chi connectivity index (χ1) is 22.7. The molecule has 0 fully saturated rings. The van der Waals surface area contributed by atoms with Crippen molar-refractivity contribution < 1.29 is 44.4 Å². The Morgan fingerprint density at radius 3 is 2.23 bits per heavy atom. The SMILES string of the molecule is CCCCCCc1cc(CN2C(=O)c3ccccc3C2=O)c(O)c2c1C[C@H]1C[C@H]3[C@H](N(C)C)C(O)=C(C(N)=O)C(=O)[C@@]3(O)C(O)=C1C2=O. The number of unbranched alkanes of at least 4 members (excludes halogenated alkanes) is 3. The standard InChI is InChI=1S/C36H39N3O9/c1-4-5-6-7-10-17-13-19(16-39-34(46)20-11-8-9-12-21(20)35(39)47)28(40)25-22(17)14-18-15-23-27(38(2)3)30(42)26(33(37)45)32(44)36(23,48)31(43)24(18)29(25)41/h8-9,11-13,18,23,27,40,42-43,48H,4-7,10,14-16H2,1-3H3,(H2,37,45)/t18-,23-,27-,36-/m0/s1. The Hall–Kier alpha value is -4.81. The summed E-state index contributed by atoms with van der Waals surface area (Å²) in [6.45, 7) is 1.78. The molecule has 12 nitrogen and oxygen atoms in total. The molecule has 3 amide bonds. The molecule has 6 rings (SSSR count). The topological polar surface area (TPSA) is 199 Å². The summed E-state index contributed by atoms with van der Waals surface area (Å²) in [6, 6.07) is 7.04. The van der Waals surface area contributed by atoms with Crippen molar-refractivity contribution in [2.45, 2.75) is 70.1 Å². The summed E-state index contributed by atoms with van der Waals surface area (Å²) in [5.74, 6) is -8.34. The maximum atomic E-state index is 14.4. The second kappa shape index (κ2) is 12.0. The largest absolute Gasteiger partial charge is 0.510 e. The smallest absolute Gasteiger partial charge is 0.261 e. The van der Waals surface area contributed by atoms with E-state index in [2.05, 4.69) is 6.92 Å². The molecule has 2 aromatic carbocycles. The van der Waals surface area contributed by atoms with Gasteiger partial charge in [0.05, 0.1) is 29.3 Å². The van der Waals surface area contributed by atoms with Crippen molar-refractivity contribution in [3.05, 3.63) is 86.4 Å². The zero-order valence-electron chi connectivity index (χ0n) is 27.1. The lowest BCUT2D eigenvalue weighted by molar-refractivity contribution is -0.148. The first kappa shape index (κ1) is 33.1. The van der Waals surface area contributed by atoms with Gasteiger partial charge in [-0.25, -0.2) is 0 Å². The van der Waals surface area contributed by atoms with Crippen LogP contribution in [0.5, 0.6) is 5.75 Å². The number of carbonyl (C=O) groups excluding carboxylic acids is 5. The number of imide groups is 1. The molecule has 0 unspecified atom stereocenters. The number of nitrogens with two attached hydrogens (primary N) is 1. The van der Waals surface area contributed by atoms with Gasteiger partial charge in [-0.1, -0.05) is 38.3 Å². The number of allylic oxidation sites excluding steroid dienone is 1. The van der Waals surface area contributed by atoms with E-state index in [0.29, 0.717) is 12.0 Å². The van der Waals surface area contributed by atoms with Crippen LogP contribution in [0.3, 0.4) is 0 Å². The van der Waals surface area contributed by atoms with Crippen molar-refractivity contribution in [3.8, 4) is 5.75 Å². The van der Waals surface area contributed by atoms with Crippen molar-refractivity contribution in [1.29, 1.82) is 0 Å². The zero-order chi connectivity index (χ0) is 34.8. The van der Waals surface area contributed by atoms with Gasteiger partial charge >= 0.3 is 0 Å². The molecular formula is C36H39N3O9. The van der Waals surface area contributed by atoms with E-state index in [1.807, 2.05) is 0 Å². The molecule has 4 aliphatic rings. The van der Waals surface area contributed by atoms with Crippen LogP contribution >= 0.6 is 0 Å². The number of amides is 3. The van der Waals surface area contributed by atoms with E-state index in [1.54, 1.807) is 44.4 Å². The van der Waals surface area contributed by atoms with Crippen LogP contribution in [-0.4, -0.2) is 85.3 Å². The second-order valence-corrected chi connectivity index (χ2v) is 13.4. The molecule has 0 spiro atoms. The van der Waals surface area contributed by atoms with Crippen molar-refractivity contribution in [2.24, 2.45) is 17.6 Å². The highest BCUT2D eigenvalue weighted by atomic mass is 16.3. The second-order valence-electron chi connectivity index (χ2n) is 13.4. The number of aliphatic hydroxyl groups is 3. The molecule has 252 valence electrons. The molecule has 0 bridgehead atoms. The van der Waals surface area contributed by atoms with Crippen LogP contribution in [0.2, 0.25) is 0 Å². The molecule has 2 aromatic rings. The fraction of sp³-hybridized carbons (Fsp3) is 0.417. The Labute approximate surface area is 277 Å². The molecule has 1 aliphatic heterocycles. The van der Waals surface area contributed by atoms with Gasteiger partial charge in [0.1, 0.15) is 22.8 Å². The quantitative estimate of drug-likeness (QED) is 0.152. The maximum absolute atomic E-state index is 14.4. The summed E-state index contributed by atoms with van der Waals surface area (Å²) in [6.07, 6.45) is 4.38. The number of aromatic hydroxyl groups is 1. The number of phenolic OH excluding ortho intramolecular Hbond substituents is 1. The van der Waals surface area contributed by atoms with Crippen molar-refractivity contribution >= 4 is 29.3 Å². The van der Waals surface area contributed by atoms with Gasteiger partial charge in [-0.2, -0.15) is 0 Å². The van der Waals surface area contributed by atoms with Crippen molar-refractivity contribution in [3.63, 3.8) is 0 Å². The summed E-state index contributed by atoms with van der Waals surface area (Å²) < 4.78 is 0. The molecule has 1 heterocycles. The lowest BCUT2D eigenvalue weighted by atomic mass is 9.58. The number of fused-ring (bicyclic) bond motifs is 4. The first-order valence-electron chi connectivity index (χ1n) is 16.2. The van der Waals surface area contributed by atoms with Gasteiger partial charge < -0.3 is 26.2 Å². The Morgan fingerprint density at radius 1 is 1.00 bits per heavy atom. The zero-order valence-corrected chi connectivity index (χ0v) is 27.1. The summed E-state index contributed by atoms with van der Waals surface area (Å²) in [5, 5.41) is 46.3. The lowest BCUT2D eigenvalue weighted by Gasteiger charge is -2.50. The number of hydrogen-bond acceptors (Lipinski definition) is 10. The molecule has 0 radical (unpaired) electrons. The van der Waals surface area contributed by atoms with Crippen molar-refractivity contribution in [1.82, 2.24) is 9.80 Å². The molecule has 48 heavy (non-hydrogen) atoms. The average Bonchev–Trinajstić information content (AvgIpc) is 3.27. The van der Waals surface area contributed by atoms with Gasteiger partial charge in [0, 0.05) is 17.1 Å². The Morgan fingerprint density at radius 2 is 1.65 bits per heavy atom. The Kier molecular flexibility index (Phi) is 8.29. The predicted octanol–water partition coefficient (Wildman–Crippen LogP) is 3.04. The fourth-order valence-electron chi connectivity index (χ4n) is 8.10. The third-order valence-electron chi connectivity index (χ3n) is 10.4. The fourth-order valence-corrected chi connectivity index (χ4v) is 8.10. The number of primary amides is 1. The van der Waals surface area contributed by atoms with E-state index in [0.717, 1.165) is 36.1 Å². The van der Waals surface area contributed by atoms with Crippen LogP contribution in [0, 0.1) is 11.8 Å². The van der Waals surface area contributed by atoms with Gasteiger partial charge in [-0.15, -0.1) is 0 Å². The Balaban J connectivity index is 1.48. The molecular weight excluding hydrogens is 618 g/mol. The van der Waals surface area contributed by atoms with E-state index in [4.69, 9.17) is 5.73 Å². The average molecular weight is 658 g/mol. The number of Topliss-reactive ketones (excluding diaryl/α,β-unsaturated/α-hetero) is 2. The molecule has 0 saturated carbocycles. The number of rotatable bonds is 9. The Bertz CT molecular complexity index is 1820. The summed E-state index contributed by atoms with van der Waals surface area (Å²) in [4.78, 5) is 69.3. The third-order valence-corrected chi connectivity index (χ3v) is 10.4. The highest BCUT2D eigenvalue weighted by Crippen LogP contribution is 2.53. The molecule has 6 N–H and O–H groups in total. The summed E-state index contributed by atoms with van der Waals surface area (Å²) >= 11 is 0. The van der Waals surface area contributed by atoms with Gasteiger partial charge in [-0.05, 0) is 75.0 Å². The number of likely N-dealkylation sites (N-methyl/N-ethyl adjacent to an activating group) is 1. The van der Waals surface area contributed by atoms with E-state index in [9.17, 15) is 44.4 Å². The molecule has 0 saturated heterocycles. The number of hydrogen-bond donors (Lipinski definition) is 5. The van der Waals surface area contributed by atoms with E-state index < -0.39 is 75.6 Å². The van der Waals surface area contributed by atoms with Gasteiger partial charge in [0.2, 0.25) is 5.78 Å². The number of phenols is 1. The van der Waals surface area contributed by atoms with Crippen LogP contribution in [0.4, 0.5) is 0 Å².